The van der Waals surface area contributed by atoms with Gasteiger partial charge < -0.3 is 9.64 Å². The molecule has 0 bridgehead atoms. The summed E-state index contributed by atoms with van der Waals surface area (Å²) in [6, 6.07) is 7.52. The Hall–Kier alpha value is -2.36. The van der Waals surface area contributed by atoms with Crippen molar-refractivity contribution in [3.63, 3.8) is 0 Å². The molecule has 2 heterocycles. The molecule has 0 unspecified atom stereocenters. The third-order valence-corrected chi connectivity index (χ3v) is 3.38. The van der Waals surface area contributed by atoms with Gasteiger partial charge in [-0.05, 0) is 23.3 Å². The second kappa shape index (κ2) is 4.39. The molecule has 2 atom stereocenters. The molecule has 2 aliphatic rings. The van der Waals surface area contributed by atoms with E-state index in [9.17, 15) is 9.59 Å². The first-order valence-corrected chi connectivity index (χ1v) is 6.11. The lowest BCUT2D eigenvalue weighted by molar-refractivity contribution is -0.144. The number of carbonyl (C=O) groups excluding carboxylic acids is 2. The Bertz CT molecular complexity index is 603. The van der Waals surface area contributed by atoms with Gasteiger partial charge in [0, 0.05) is 19.2 Å². The topological polar surface area (TPSA) is 46.6 Å². The highest BCUT2D eigenvalue weighted by molar-refractivity contribution is 5.85. The van der Waals surface area contributed by atoms with Gasteiger partial charge in [0.05, 0.1) is 0 Å². The van der Waals surface area contributed by atoms with Crippen LogP contribution in [-0.2, 0) is 14.3 Å². The van der Waals surface area contributed by atoms with Crippen LogP contribution < -0.4 is 0 Å². The van der Waals surface area contributed by atoms with Gasteiger partial charge in [-0.25, -0.2) is 4.79 Å². The van der Waals surface area contributed by atoms with Gasteiger partial charge in [0.1, 0.15) is 12.1 Å². The fourth-order valence-electron chi connectivity index (χ4n) is 2.53. The molecule has 96 valence electrons. The summed E-state index contributed by atoms with van der Waals surface area (Å²) in [5.41, 5.74) is 2.03. The van der Waals surface area contributed by atoms with Crippen molar-refractivity contribution in [2.75, 3.05) is 0 Å². The van der Waals surface area contributed by atoms with Gasteiger partial charge in [-0.2, -0.15) is 0 Å². The van der Waals surface area contributed by atoms with E-state index in [2.05, 4.69) is 0 Å². The number of hydrogen-bond acceptors (Lipinski definition) is 3. The van der Waals surface area contributed by atoms with Crippen molar-refractivity contribution in [1.29, 1.82) is 0 Å². The summed E-state index contributed by atoms with van der Waals surface area (Å²) in [6.07, 6.45) is 6.33. The number of ether oxygens (including phenoxy) is 1. The molecule has 0 fully saturated rings. The zero-order valence-corrected chi connectivity index (χ0v) is 10.4. The van der Waals surface area contributed by atoms with Crippen molar-refractivity contribution >= 4 is 18.0 Å². The Balaban J connectivity index is 2.06. The molecule has 0 N–H and O–H groups in total. The van der Waals surface area contributed by atoms with Gasteiger partial charge in [0.2, 0.25) is 5.91 Å². The van der Waals surface area contributed by atoms with Crippen LogP contribution in [0.4, 0.5) is 0 Å². The molecule has 0 aromatic heterocycles. The van der Waals surface area contributed by atoms with Gasteiger partial charge in [-0.1, -0.05) is 24.3 Å². The minimum Gasteiger partial charge on any atom is -0.452 e. The molecule has 1 aromatic carbocycles. The number of hydrogen-bond donors (Lipinski definition) is 0. The molecule has 3 rings (SSSR count). The SMILES string of the molecule is CC(=O)N1C=Cc2ccccc2[C@@H]1[C@H]1C=CC(=O)O1. The number of amides is 1. The molecule has 0 saturated heterocycles. The highest BCUT2D eigenvalue weighted by atomic mass is 16.5. The number of carbonyl (C=O) groups is 2. The Morgan fingerprint density at radius 2 is 2.05 bits per heavy atom. The number of esters is 1. The maximum absolute atomic E-state index is 11.8. The van der Waals surface area contributed by atoms with Crippen molar-refractivity contribution in [3.8, 4) is 0 Å². The van der Waals surface area contributed by atoms with E-state index in [1.54, 1.807) is 17.2 Å². The van der Waals surface area contributed by atoms with E-state index in [1.165, 1.54) is 13.0 Å². The monoisotopic (exact) mass is 255 g/mol. The second-order valence-corrected chi connectivity index (χ2v) is 4.58. The normalized spacial score (nSPS) is 24.3. The van der Waals surface area contributed by atoms with Crippen molar-refractivity contribution in [3.05, 3.63) is 53.7 Å². The lowest BCUT2D eigenvalue weighted by Crippen LogP contribution is -2.37. The van der Waals surface area contributed by atoms with Crippen LogP contribution in [-0.4, -0.2) is 22.9 Å². The standard InChI is InChI=1S/C15H13NO3/c1-10(17)16-9-8-11-4-2-3-5-12(11)15(16)13-6-7-14(18)19-13/h2-9,13,15H,1H3/t13-,15-/m1/s1. The largest absolute Gasteiger partial charge is 0.452 e. The summed E-state index contributed by atoms with van der Waals surface area (Å²) in [7, 11) is 0. The molecule has 2 aliphatic heterocycles. The van der Waals surface area contributed by atoms with E-state index in [0.29, 0.717) is 0 Å². The van der Waals surface area contributed by atoms with Crippen molar-refractivity contribution in [1.82, 2.24) is 4.90 Å². The summed E-state index contributed by atoms with van der Waals surface area (Å²) in [6.45, 7) is 1.51. The molecule has 4 nitrogen and oxygen atoms in total. The minimum absolute atomic E-state index is 0.0768. The predicted octanol–water partition coefficient (Wildman–Crippen LogP) is 2.04. The van der Waals surface area contributed by atoms with Crippen LogP contribution in [0.5, 0.6) is 0 Å². The maximum Gasteiger partial charge on any atom is 0.331 e. The van der Waals surface area contributed by atoms with Crippen LogP contribution in [0.2, 0.25) is 0 Å². The summed E-state index contributed by atoms with van der Waals surface area (Å²) in [5.74, 6) is -0.437. The fourth-order valence-corrected chi connectivity index (χ4v) is 2.53. The highest BCUT2D eigenvalue weighted by Gasteiger charge is 2.35. The van der Waals surface area contributed by atoms with Crippen molar-refractivity contribution in [2.45, 2.75) is 19.1 Å². The molecular weight excluding hydrogens is 242 g/mol. The van der Waals surface area contributed by atoms with Gasteiger partial charge in [0.25, 0.3) is 0 Å². The van der Waals surface area contributed by atoms with E-state index in [4.69, 9.17) is 4.74 Å². The van der Waals surface area contributed by atoms with E-state index in [0.717, 1.165) is 11.1 Å². The predicted molar refractivity (Wildman–Crippen MR) is 69.8 cm³/mol. The summed E-state index contributed by atoms with van der Waals surface area (Å²) < 4.78 is 5.26. The Morgan fingerprint density at radius 1 is 1.26 bits per heavy atom. The van der Waals surface area contributed by atoms with E-state index in [1.807, 2.05) is 30.3 Å². The fraction of sp³-hybridized carbons (Fsp3) is 0.200. The molecule has 0 aliphatic carbocycles. The number of nitrogens with zero attached hydrogens (tertiary/aromatic N) is 1. The van der Waals surface area contributed by atoms with Crippen LogP contribution in [0.3, 0.4) is 0 Å². The number of fused-ring (bicyclic) bond motifs is 1. The molecule has 1 amide bonds. The van der Waals surface area contributed by atoms with Crippen LogP contribution in [0.25, 0.3) is 6.08 Å². The first-order chi connectivity index (χ1) is 9.16. The molecule has 4 heteroatoms. The average Bonchev–Trinajstić information content (AvgIpc) is 2.83. The average molecular weight is 255 g/mol. The summed E-state index contributed by atoms with van der Waals surface area (Å²) in [5, 5.41) is 0. The minimum atomic E-state index is -0.428. The van der Waals surface area contributed by atoms with Gasteiger partial charge in [-0.15, -0.1) is 0 Å². The molecule has 0 radical (unpaired) electrons. The lowest BCUT2D eigenvalue weighted by atomic mass is 9.92. The molecule has 1 aromatic rings. The van der Waals surface area contributed by atoms with Gasteiger partial charge in [0.15, 0.2) is 0 Å². The number of cyclic esters (lactones) is 1. The van der Waals surface area contributed by atoms with Crippen LogP contribution in [0, 0.1) is 0 Å². The Labute approximate surface area is 111 Å². The first kappa shape index (κ1) is 11.7. The van der Waals surface area contributed by atoms with Crippen LogP contribution >= 0.6 is 0 Å². The number of rotatable bonds is 1. The van der Waals surface area contributed by atoms with Crippen molar-refractivity contribution in [2.24, 2.45) is 0 Å². The molecule has 0 spiro atoms. The van der Waals surface area contributed by atoms with Crippen LogP contribution in [0.15, 0.2) is 42.6 Å². The maximum atomic E-state index is 11.8. The van der Waals surface area contributed by atoms with E-state index < -0.39 is 6.10 Å². The third-order valence-electron chi connectivity index (χ3n) is 3.38. The van der Waals surface area contributed by atoms with Crippen molar-refractivity contribution < 1.29 is 14.3 Å². The lowest BCUT2D eigenvalue weighted by Gasteiger charge is -2.35. The summed E-state index contributed by atoms with van der Waals surface area (Å²) in [4.78, 5) is 24.6. The number of benzene rings is 1. The smallest absolute Gasteiger partial charge is 0.331 e. The molecule has 19 heavy (non-hydrogen) atoms. The van der Waals surface area contributed by atoms with Gasteiger partial charge in [-0.3, -0.25) is 4.79 Å². The zero-order valence-electron chi connectivity index (χ0n) is 10.4. The quantitative estimate of drug-likeness (QED) is 0.721. The molecule has 0 saturated carbocycles. The Morgan fingerprint density at radius 3 is 2.74 bits per heavy atom. The highest BCUT2D eigenvalue weighted by Crippen LogP contribution is 2.35. The van der Waals surface area contributed by atoms with E-state index in [-0.39, 0.29) is 17.9 Å². The van der Waals surface area contributed by atoms with Crippen LogP contribution in [0.1, 0.15) is 24.1 Å². The van der Waals surface area contributed by atoms with Gasteiger partial charge >= 0.3 is 5.97 Å². The molecular formula is C15H13NO3. The zero-order chi connectivity index (χ0) is 13.4. The second-order valence-electron chi connectivity index (χ2n) is 4.58. The first-order valence-electron chi connectivity index (χ1n) is 6.11. The summed E-state index contributed by atoms with van der Waals surface area (Å²) >= 11 is 0. The van der Waals surface area contributed by atoms with E-state index >= 15 is 0 Å². The third kappa shape index (κ3) is 1.95. The Kier molecular flexibility index (Phi) is 2.71.